The van der Waals surface area contributed by atoms with Crippen molar-refractivity contribution in [3.05, 3.63) is 59.9 Å². The van der Waals surface area contributed by atoms with Crippen molar-refractivity contribution in [2.45, 2.75) is 19.8 Å². The largest absolute Gasteiger partial charge is 0.497 e. The molecule has 1 N–H and O–H groups in total. The Labute approximate surface area is 152 Å². The number of rotatable bonds is 8. The number of aryl methyl sites for hydroxylation is 1. The molecule has 0 spiro atoms. The Bertz CT molecular complexity index is 764. The highest BCUT2D eigenvalue weighted by molar-refractivity contribution is 5.94. The van der Waals surface area contributed by atoms with E-state index in [2.05, 4.69) is 5.32 Å². The number of likely N-dealkylation sites (N-methyl/N-ethyl adjacent to an activating group) is 1. The van der Waals surface area contributed by atoms with Gasteiger partial charge in [0.25, 0.3) is 0 Å². The number of methoxy groups -OCH3 is 1. The second-order valence-electron chi connectivity index (χ2n) is 5.78. The van der Waals surface area contributed by atoms with Gasteiger partial charge in [0, 0.05) is 24.7 Å². The standard InChI is InChI=1S/C20H23FN2O3/c1-3-23(20(25)12-11-15-7-4-5-10-18(15)21)14-19(24)22-16-8-6-9-17(13-16)26-2/h4-10,13H,3,11-12,14H2,1-2H3,(H,22,24). The predicted molar refractivity (Wildman–Crippen MR) is 98.6 cm³/mol. The second kappa shape index (κ2) is 9.56. The molecule has 2 amide bonds. The van der Waals surface area contributed by atoms with Crippen LogP contribution < -0.4 is 10.1 Å². The first kappa shape index (κ1) is 19.4. The summed E-state index contributed by atoms with van der Waals surface area (Å²) >= 11 is 0. The first-order valence-electron chi connectivity index (χ1n) is 8.48. The van der Waals surface area contributed by atoms with E-state index >= 15 is 0 Å². The zero-order valence-corrected chi connectivity index (χ0v) is 15.0. The van der Waals surface area contributed by atoms with Gasteiger partial charge >= 0.3 is 0 Å². The Hall–Kier alpha value is -2.89. The Morgan fingerprint density at radius 2 is 1.92 bits per heavy atom. The fraction of sp³-hybridized carbons (Fsp3) is 0.300. The molecule has 0 fully saturated rings. The summed E-state index contributed by atoms with van der Waals surface area (Å²) in [5.41, 5.74) is 1.10. The minimum Gasteiger partial charge on any atom is -0.497 e. The molecule has 0 saturated heterocycles. The van der Waals surface area contributed by atoms with Gasteiger partial charge in [0.1, 0.15) is 11.6 Å². The van der Waals surface area contributed by atoms with Gasteiger partial charge in [-0.05, 0) is 37.1 Å². The summed E-state index contributed by atoms with van der Waals surface area (Å²) in [6.07, 6.45) is 0.459. The Balaban J connectivity index is 1.89. The number of nitrogens with zero attached hydrogens (tertiary/aromatic N) is 1. The molecule has 0 bridgehead atoms. The number of carbonyl (C=O) groups is 2. The van der Waals surface area contributed by atoms with E-state index < -0.39 is 0 Å². The lowest BCUT2D eigenvalue weighted by Crippen LogP contribution is -2.38. The van der Waals surface area contributed by atoms with E-state index in [0.717, 1.165) is 0 Å². The van der Waals surface area contributed by atoms with E-state index in [9.17, 15) is 14.0 Å². The van der Waals surface area contributed by atoms with Gasteiger partial charge in [-0.25, -0.2) is 4.39 Å². The smallest absolute Gasteiger partial charge is 0.243 e. The van der Waals surface area contributed by atoms with Crippen molar-refractivity contribution in [3.63, 3.8) is 0 Å². The van der Waals surface area contributed by atoms with Crippen molar-refractivity contribution in [1.82, 2.24) is 4.90 Å². The van der Waals surface area contributed by atoms with Gasteiger partial charge in [0.05, 0.1) is 13.7 Å². The van der Waals surface area contributed by atoms with Gasteiger partial charge in [0.15, 0.2) is 0 Å². The van der Waals surface area contributed by atoms with Crippen LogP contribution in [-0.4, -0.2) is 36.9 Å². The lowest BCUT2D eigenvalue weighted by Gasteiger charge is -2.20. The van der Waals surface area contributed by atoms with Crippen LogP contribution in [0.1, 0.15) is 18.9 Å². The normalized spacial score (nSPS) is 10.3. The molecule has 2 aromatic rings. The number of halogens is 1. The molecule has 0 saturated carbocycles. The number of hydrogen-bond donors (Lipinski definition) is 1. The molecule has 26 heavy (non-hydrogen) atoms. The van der Waals surface area contributed by atoms with Gasteiger partial charge in [-0.15, -0.1) is 0 Å². The van der Waals surface area contributed by atoms with Gasteiger partial charge in [-0.2, -0.15) is 0 Å². The van der Waals surface area contributed by atoms with Crippen LogP contribution in [0, 0.1) is 5.82 Å². The van der Waals surface area contributed by atoms with Crippen LogP contribution >= 0.6 is 0 Å². The number of ether oxygens (including phenoxy) is 1. The minimum atomic E-state index is -0.320. The Morgan fingerprint density at radius 1 is 1.15 bits per heavy atom. The maximum atomic E-state index is 13.6. The highest BCUT2D eigenvalue weighted by Crippen LogP contribution is 2.16. The third-order valence-electron chi connectivity index (χ3n) is 3.99. The molecule has 0 aliphatic carbocycles. The molecular formula is C20H23FN2O3. The van der Waals surface area contributed by atoms with E-state index in [-0.39, 0.29) is 30.6 Å². The molecule has 0 radical (unpaired) electrons. The number of carbonyl (C=O) groups excluding carboxylic acids is 2. The first-order valence-corrected chi connectivity index (χ1v) is 8.48. The summed E-state index contributed by atoms with van der Waals surface area (Å²) in [6.45, 7) is 2.16. The highest BCUT2D eigenvalue weighted by Gasteiger charge is 2.16. The summed E-state index contributed by atoms with van der Waals surface area (Å²) < 4.78 is 18.8. The molecule has 0 aliphatic heterocycles. The number of hydrogen-bond acceptors (Lipinski definition) is 3. The van der Waals surface area contributed by atoms with Gasteiger partial charge in [-0.3, -0.25) is 9.59 Å². The van der Waals surface area contributed by atoms with E-state index in [1.54, 1.807) is 56.5 Å². The molecule has 2 aromatic carbocycles. The average Bonchev–Trinajstić information content (AvgIpc) is 2.65. The van der Waals surface area contributed by atoms with Crippen LogP contribution in [0.25, 0.3) is 0 Å². The fourth-order valence-corrected chi connectivity index (χ4v) is 2.55. The van der Waals surface area contributed by atoms with Crippen LogP contribution in [-0.2, 0) is 16.0 Å². The third-order valence-corrected chi connectivity index (χ3v) is 3.99. The fourth-order valence-electron chi connectivity index (χ4n) is 2.55. The quantitative estimate of drug-likeness (QED) is 0.788. The highest BCUT2D eigenvalue weighted by atomic mass is 19.1. The zero-order chi connectivity index (χ0) is 18.9. The topological polar surface area (TPSA) is 58.6 Å². The van der Waals surface area contributed by atoms with Crippen LogP contribution in [0.15, 0.2) is 48.5 Å². The molecule has 0 aromatic heterocycles. The van der Waals surface area contributed by atoms with E-state index in [0.29, 0.717) is 30.0 Å². The third kappa shape index (κ3) is 5.58. The summed E-state index contributed by atoms with van der Waals surface area (Å²) in [7, 11) is 1.55. The SMILES string of the molecule is CCN(CC(=O)Nc1cccc(OC)c1)C(=O)CCc1ccccc1F. The monoisotopic (exact) mass is 358 g/mol. The number of amides is 2. The molecule has 5 nitrogen and oxygen atoms in total. The van der Waals surface area contributed by atoms with Crippen LogP contribution in [0.5, 0.6) is 5.75 Å². The van der Waals surface area contributed by atoms with Crippen molar-refractivity contribution in [1.29, 1.82) is 0 Å². The predicted octanol–water partition coefficient (Wildman–Crippen LogP) is 3.25. The summed E-state index contributed by atoms with van der Waals surface area (Å²) in [5.74, 6) is -0.161. The van der Waals surface area contributed by atoms with Gasteiger partial charge in [0.2, 0.25) is 11.8 Å². The van der Waals surface area contributed by atoms with E-state index in [1.807, 2.05) is 0 Å². The molecular weight excluding hydrogens is 335 g/mol. The van der Waals surface area contributed by atoms with E-state index in [4.69, 9.17) is 4.74 Å². The lowest BCUT2D eigenvalue weighted by atomic mass is 10.1. The van der Waals surface area contributed by atoms with Crippen molar-refractivity contribution in [2.75, 3.05) is 25.5 Å². The molecule has 2 rings (SSSR count). The molecule has 0 atom stereocenters. The van der Waals surface area contributed by atoms with Gasteiger partial charge < -0.3 is 15.0 Å². The molecule has 138 valence electrons. The summed E-state index contributed by atoms with van der Waals surface area (Å²) in [6, 6.07) is 13.4. The lowest BCUT2D eigenvalue weighted by molar-refractivity contribution is -0.134. The first-order chi connectivity index (χ1) is 12.5. The van der Waals surface area contributed by atoms with Crippen molar-refractivity contribution in [3.8, 4) is 5.75 Å². The summed E-state index contributed by atoms with van der Waals surface area (Å²) in [5, 5.41) is 2.75. The molecule has 0 aliphatic rings. The minimum absolute atomic E-state index is 0.0518. The summed E-state index contributed by atoms with van der Waals surface area (Å²) in [4.78, 5) is 26.0. The van der Waals surface area contributed by atoms with Gasteiger partial charge in [-0.1, -0.05) is 24.3 Å². The second-order valence-corrected chi connectivity index (χ2v) is 5.78. The molecule has 0 heterocycles. The average molecular weight is 358 g/mol. The maximum absolute atomic E-state index is 13.6. The zero-order valence-electron chi connectivity index (χ0n) is 15.0. The van der Waals surface area contributed by atoms with Crippen LogP contribution in [0.4, 0.5) is 10.1 Å². The number of anilines is 1. The van der Waals surface area contributed by atoms with Crippen LogP contribution in [0.3, 0.4) is 0 Å². The van der Waals surface area contributed by atoms with Crippen molar-refractivity contribution in [2.24, 2.45) is 0 Å². The Morgan fingerprint density at radius 3 is 2.62 bits per heavy atom. The van der Waals surface area contributed by atoms with Crippen LogP contribution in [0.2, 0.25) is 0 Å². The maximum Gasteiger partial charge on any atom is 0.243 e. The molecule has 6 heteroatoms. The Kier molecular flexibility index (Phi) is 7.14. The van der Waals surface area contributed by atoms with Crippen molar-refractivity contribution >= 4 is 17.5 Å². The molecule has 0 unspecified atom stereocenters. The number of benzene rings is 2. The van der Waals surface area contributed by atoms with E-state index in [1.165, 1.54) is 11.0 Å². The number of nitrogens with one attached hydrogen (secondary N) is 1. The van der Waals surface area contributed by atoms with Crippen molar-refractivity contribution < 1.29 is 18.7 Å².